The number of nitrogens with one attached hydrogen (secondary N) is 1. The normalized spacial score (nSPS) is 11.5. The van der Waals surface area contributed by atoms with E-state index in [1.807, 2.05) is 18.4 Å². The summed E-state index contributed by atoms with van der Waals surface area (Å²) in [4.78, 5) is 1.74. The Balaban J connectivity index is 2.31. The van der Waals surface area contributed by atoms with Crippen LogP contribution in [0.5, 0.6) is 0 Å². The highest BCUT2D eigenvalue weighted by atomic mass is 32.2. The van der Waals surface area contributed by atoms with Crippen LogP contribution in [0, 0.1) is 0 Å². The van der Waals surface area contributed by atoms with E-state index in [0.29, 0.717) is 12.2 Å². The van der Waals surface area contributed by atoms with Crippen molar-refractivity contribution in [1.29, 1.82) is 0 Å². The molecule has 0 unspecified atom stereocenters. The molecule has 19 heavy (non-hydrogen) atoms. The van der Waals surface area contributed by atoms with E-state index in [-0.39, 0.29) is 4.21 Å². The van der Waals surface area contributed by atoms with Crippen LogP contribution in [0.4, 0.5) is 5.69 Å². The minimum absolute atomic E-state index is 0.281. The molecule has 0 saturated carbocycles. The van der Waals surface area contributed by atoms with E-state index >= 15 is 0 Å². The second-order valence-corrected chi connectivity index (χ2v) is 7.66. The van der Waals surface area contributed by atoms with Gasteiger partial charge in [0.15, 0.2) is 0 Å². The standard InChI is InChI=1S/C12H14N2O2S3/c1-17-11-5-3-2-4-10(11)14-19(15,16)12-7-6-9(8-13)18-12/h2-7,14H,8,13H2,1H3. The number of anilines is 1. The Bertz CT molecular complexity index is 665. The minimum Gasteiger partial charge on any atom is -0.326 e. The fraction of sp³-hybridized carbons (Fsp3) is 0.167. The van der Waals surface area contributed by atoms with Crippen LogP contribution in [0.25, 0.3) is 0 Å². The molecule has 2 aromatic rings. The van der Waals surface area contributed by atoms with Crippen molar-refractivity contribution in [2.75, 3.05) is 11.0 Å². The quantitative estimate of drug-likeness (QED) is 0.832. The van der Waals surface area contributed by atoms with Crippen molar-refractivity contribution in [2.45, 2.75) is 15.6 Å². The van der Waals surface area contributed by atoms with Crippen LogP contribution in [0.1, 0.15) is 4.88 Å². The summed E-state index contributed by atoms with van der Waals surface area (Å²) in [5, 5.41) is 0. The molecule has 0 saturated heterocycles. The Kier molecular flexibility index (Phi) is 4.51. The summed E-state index contributed by atoms with van der Waals surface area (Å²) in [5.41, 5.74) is 6.09. The van der Waals surface area contributed by atoms with Gasteiger partial charge in [0.25, 0.3) is 10.0 Å². The molecule has 4 nitrogen and oxygen atoms in total. The van der Waals surface area contributed by atoms with Crippen molar-refractivity contribution in [1.82, 2.24) is 0 Å². The average Bonchev–Trinajstić information content (AvgIpc) is 2.88. The average molecular weight is 314 g/mol. The lowest BCUT2D eigenvalue weighted by atomic mass is 10.3. The van der Waals surface area contributed by atoms with Gasteiger partial charge in [-0.1, -0.05) is 12.1 Å². The van der Waals surface area contributed by atoms with Crippen LogP contribution in [0.2, 0.25) is 0 Å². The van der Waals surface area contributed by atoms with Crippen molar-refractivity contribution >= 4 is 38.8 Å². The van der Waals surface area contributed by atoms with Crippen LogP contribution < -0.4 is 10.5 Å². The van der Waals surface area contributed by atoms with E-state index in [0.717, 1.165) is 9.77 Å². The Morgan fingerprint density at radius 1 is 1.26 bits per heavy atom. The maximum Gasteiger partial charge on any atom is 0.271 e. The number of rotatable bonds is 5. The molecule has 0 aliphatic heterocycles. The van der Waals surface area contributed by atoms with Gasteiger partial charge in [0.05, 0.1) is 5.69 Å². The van der Waals surface area contributed by atoms with Gasteiger partial charge in [0.1, 0.15) is 4.21 Å². The summed E-state index contributed by atoms with van der Waals surface area (Å²) in [6.45, 7) is 0.349. The lowest BCUT2D eigenvalue weighted by molar-refractivity contribution is 0.603. The van der Waals surface area contributed by atoms with Gasteiger partial charge < -0.3 is 5.73 Å². The third-order valence-corrected chi connectivity index (χ3v) is 6.22. The summed E-state index contributed by atoms with van der Waals surface area (Å²) in [5.74, 6) is 0. The molecule has 0 bridgehead atoms. The third kappa shape index (κ3) is 3.30. The van der Waals surface area contributed by atoms with Crippen molar-refractivity contribution < 1.29 is 8.42 Å². The van der Waals surface area contributed by atoms with Crippen LogP contribution in [0.15, 0.2) is 45.5 Å². The summed E-state index contributed by atoms with van der Waals surface area (Å²) in [6.07, 6.45) is 1.91. The van der Waals surface area contributed by atoms with Gasteiger partial charge in [-0.15, -0.1) is 23.1 Å². The van der Waals surface area contributed by atoms with Gasteiger partial charge in [-0.3, -0.25) is 4.72 Å². The van der Waals surface area contributed by atoms with Crippen molar-refractivity contribution in [3.63, 3.8) is 0 Å². The van der Waals surface area contributed by atoms with Gasteiger partial charge in [0, 0.05) is 16.3 Å². The molecule has 0 aliphatic carbocycles. The fourth-order valence-corrected chi connectivity index (χ4v) is 4.47. The molecule has 1 heterocycles. The monoisotopic (exact) mass is 314 g/mol. The highest BCUT2D eigenvalue weighted by Crippen LogP contribution is 2.29. The molecule has 0 radical (unpaired) electrons. The zero-order valence-corrected chi connectivity index (χ0v) is 12.7. The molecule has 2 rings (SSSR count). The molecule has 0 spiro atoms. The number of hydrogen-bond donors (Lipinski definition) is 2. The maximum absolute atomic E-state index is 12.2. The minimum atomic E-state index is -3.54. The number of thioether (sulfide) groups is 1. The molecule has 7 heteroatoms. The Morgan fingerprint density at radius 2 is 2.00 bits per heavy atom. The second-order valence-electron chi connectivity index (χ2n) is 3.73. The second kappa shape index (κ2) is 5.96. The van der Waals surface area contributed by atoms with Crippen LogP contribution in [-0.4, -0.2) is 14.7 Å². The molecule has 0 fully saturated rings. The first-order valence-electron chi connectivity index (χ1n) is 5.51. The first kappa shape index (κ1) is 14.4. The van der Waals surface area contributed by atoms with Gasteiger partial charge >= 0.3 is 0 Å². The van der Waals surface area contributed by atoms with E-state index in [2.05, 4.69) is 4.72 Å². The zero-order chi connectivity index (χ0) is 13.9. The predicted molar refractivity (Wildman–Crippen MR) is 81.2 cm³/mol. The number of nitrogens with two attached hydrogens (primary N) is 1. The molecular weight excluding hydrogens is 300 g/mol. The summed E-state index contributed by atoms with van der Waals surface area (Å²) in [7, 11) is -3.54. The first-order valence-corrected chi connectivity index (χ1v) is 9.04. The number of sulfonamides is 1. The summed E-state index contributed by atoms with van der Waals surface area (Å²) in [6, 6.07) is 10.6. The van der Waals surface area contributed by atoms with Gasteiger partial charge in [0.2, 0.25) is 0 Å². The Morgan fingerprint density at radius 3 is 2.63 bits per heavy atom. The van der Waals surface area contributed by atoms with Crippen molar-refractivity contribution in [3.05, 3.63) is 41.3 Å². The molecule has 0 aliphatic rings. The van der Waals surface area contributed by atoms with Crippen molar-refractivity contribution in [2.24, 2.45) is 5.73 Å². The van der Waals surface area contributed by atoms with Crippen LogP contribution in [0.3, 0.4) is 0 Å². The lowest BCUT2D eigenvalue weighted by Crippen LogP contribution is -2.12. The molecule has 0 amide bonds. The van der Waals surface area contributed by atoms with Gasteiger partial charge in [-0.05, 0) is 30.5 Å². The topological polar surface area (TPSA) is 72.2 Å². The molecule has 3 N–H and O–H groups in total. The predicted octanol–water partition coefficient (Wildman–Crippen LogP) is 2.73. The van der Waals surface area contributed by atoms with E-state index in [1.165, 1.54) is 23.1 Å². The highest BCUT2D eigenvalue weighted by molar-refractivity contribution is 7.99. The fourth-order valence-electron chi connectivity index (χ4n) is 1.54. The maximum atomic E-state index is 12.2. The van der Waals surface area contributed by atoms with Gasteiger partial charge in [-0.25, -0.2) is 8.42 Å². The van der Waals surface area contributed by atoms with Crippen LogP contribution >= 0.6 is 23.1 Å². The summed E-state index contributed by atoms with van der Waals surface area (Å²) < 4.78 is 27.4. The van der Waals surface area contributed by atoms with E-state index in [4.69, 9.17) is 5.73 Å². The Labute approximate surface area is 121 Å². The van der Waals surface area contributed by atoms with E-state index in [9.17, 15) is 8.42 Å². The molecule has 102 valence electrons. The molecule has 1 aromatic carbocycles. The van der Waals surface area contributed by atoms with Crippen molar-refractivity contribution in [3.8, 4) is 0 Å². The molecule has 1 aromatic heterocycles. The zero-order valence-electron chi connectivity index (χ0n) is 10.3. The lowest BCUT2D eigenvalue weighted by Gasteiger charge is -2.09. The summed E-state index contributed by atoms with van der Waals surface area (Å²) >= 11 is 2.69. The van der Waals surface area contributed by atoms with Gasteiger partial charge in [-0.2, -0.15) is 0 Å². The molecular formula is C12H14N2O2S3. The largest absolute Gasteiger partial charge is 0.326 e. The number of para-hydroxylation sites is 1. The number of hydrogen-bond acceptors (Lipinski definition) is 5. The molecule has 0 atom stereocenters. The van der Waals surface area contributed by atoms with E-state index in [1.54, 1.807) is 24.3 Å². The Hall–Kier alpha value is -1.02. The highest BCUT2D eigenvalue weighted by Gasteiger charge is 2.17. The third-order valence-electron chi connectivity index (χ3n) is 2.45. The smallest absolute Gasteiger partial charge is 0.271 e. The number of benzene rings is 1. The van der Waals surface area contributed by atoms with Crippen LogP contribution in [-0.2, 0) is 16.6 Å². The SMILES string of the molecule is CSc1ccccc1NS(=O)(=O)c1ccc(CN)s1. The number of thiophene rings is 1. The van der Waals surface area contributed by atoms with E-state index < -0.39 is 10.0 Å². The first-order chi connectivity index (χ1) is 9.06.